The number of hydrogen-bond acceptors (Lipinski definition) is 3. The minimum Gasteiger partial charge on any atom is -0.318 e. The van der Waals surface area contributed by atoms with E-state index in [9.17, 15) is 14.4 Å². The van der Waals surface area contributed by atoms with E-state index in [0.29, 0.717) is 5.69 Å². The van der Waals surface area contributed by atoms with E-state index in [1.807, 2.05) is 55.7 Å². The van der Waals surface area contributed by atoms with Crippen LogP contribution in [0.3, 0.4) is 0 Å². The van der Waals surface area contributed by atoms with Crippen molar-refractivity contribution in [3.63, 3.8) is 0 Å². The highest BCUT2D eigenvalue weighted by atomic mass is 79.9. The molecule has 1 saturated heterocycles. The fourth-order valence-corrected chi connectivity index (χ4v) is 4.07. The van der Waals surface area contributed by atoms with E-state index in [0.717, 1.165) is 37.6 Å². The van der Waals surface area contributed by atoms with Crippen LogP contribution in [0.1, 0.15) is 22.5 Å². The van der Waals surface area contributed by atoms with Gasteiger partial charge in [0.15, 0.2) is 0 Å². The van der Waals surface area contributed by atoms with Crippen LogP contribution in [0.2, 0.25) is 0 Å². The summed E-state index contributed by atoms with van der Waals surface area (Å²) in [7, 11) is 0. The number of carbonyl (C=O) groups is 3. The molecule has 0 aliphatic carbocycles. The molecule has 1 aromatic heterocycles. The molecule has 1 N–H and O–H groups in total. The van der Waals surface area contributed by atoms with Crippen molar-refractivity contribution in [3.05, 3.63) is 87.2 Å². The van der Waals surface area contributed by atoms with Gasteiger partial charge in [-0.15, -0.1) is 0 Å². The topological polar surface area (TPSA) is 71.4 Å². The van der Waals surface area contributed by atoms with Gasteiger partial charge in [0.05, 0.1) is 5.69 Å². The summed E-state index contributed by atoms with van der Waals surface area (Å²) in [5, 5.41) is 2.27. The van der Waals surface area contributed by atoms with Crippen LogP contribution >= 0.6 is 15.9 Å². The van der Waals surface area contributed by atoms with Crippen molar-refractivity contribution in [2.75, 3.05) is 4.90 Å². The molecule has 0 spiro atoms. The van der Waals surface area contributed by atoms with Crippen LogP contribution in [-0.2, 0) is 9.59 Å². The van der Waals surface area contributed by atoms with Crippen molar-refractivity contribution in [2.24, 2.45) is 0 Å². The van der Waals surface area contributed by atoms with E-state index in [1.165, 1.54) is 0 Å². The highest BCUT2D eigenvalue weighted by Crippen LogP contribution is 2.27. The highest BCUT2D eigenvalue weighted by molar-refractivity contribution is 9.10. The van der Waals surface area contributed by atoms with Crippen molar-refractivity contribution < 1.29 is 14.4 Å². The third kappa shape index (κ3) is 3.84. The monoisotopic (exact) mass is 477 g/mol. The van der Waals surface area contributed by atoms with E-state index < -0.39 is 17.8 Å². The lowest BCUT2D eigenvalue weighted by Crippen LogP contribution is -2.54. The molecule has 1 aliphatic rings. The van der Waals surface area contributed by atoms with Gasteiger partial charge in [-0.2, -0.15) is 0 Å². The number of carbonyl (C=O) groups excluding carboxylic acids is 3. The smallest absolute Gasteiger partial charge is 0.318 e. The summed E-state index contributed by atoms with van der Waals surface area (Å²) in [6.45, 7) is 5.80. The first-order valence-electron chi connectivity index (χ1n) is 9.69. The molecule has 0 saturated carbocycles. The van der Waals surface area contributed by atoms with Gasteiger partial charge < -0.3 is 4.57 Å². The van der Waals surface area contributed by atoms with Crippen LogP contribution in [-0.4, -0.2) is 22.4 Å². The van der Waals surface area contributed by atoms with Crippen LogP contribution in [0, 0.1) is 20.8 Å². The minimum atomic E-state index is -0.754. The second-order valence-corrected chi connectivity index (χ2v) is 8.35. The predicted molar refractivity (Wildman–Crippen MR) is 123 cm³/mol. The van der Waals surface area contributed by atoms with E-state index in [-0.39, 0.29) is 5.57 Å². The summed E-state index contributed by atoms with van der Waals surface area (Å²) in [5.41, 5.74) is 4.85. The summed E-state index contributed by atoms with van der Waals surface area (Å²) in [4.78, 5) is 39.0. The summed E-state index contributed by atoms with van der Waals surface area (Å²) < 4.78 is 3.00. The Bertz CT molecular complexity index is 1260. The number of aryl methyl sites for hydroxylation is 2. The normalized spacial score (nSPS) is 15.5. The second kappa shape index (κ2) is 8.00. The molecule has 2 aromatic carbocycles. The molecular formula is C24H20BrN3O3. The third-order valence-electron chi connectivity index (χ3n) is 5.23. The molecule has 156 valence electrons. The van der Waals surface area contributed by atoms with Gasteiger partial charge in [-0.3, -0.25) is 14.9 Å². The number of amides is 4. The summed E-state index contributed by atoms with van der Waals surface area (Å²) in [5.74, 6) is -1.35. The maximum absolute atomic E-state index is 13.1. The molecular weight excluding hydrogens is 458 g/mol. The quantitative estimate of drug-likeness (QED) is 0.433. The van der Waals surface area contributed by atoms with Crippen LogP contribution in [0.15, 0.2) is 64.6 Å². The average molecular weight is 478 g/mol. The van der Waals surface area contributed by atoms with Gasteiger partial charge in [-0.05, 0) is 68.8 Å². The number of aromatic nitrogens is 1. The number of barbiturate groups is 1. The number of halogens is 1. The Balaban J connectivity index is 1.76. The average Bonchev–Trinajstić information content (AvgIpc) is 2.99. The fourth-order valence-electron chi connectivity index (χ4n) is 3.69. The SMILES string of the molecule is Cc1ccc(N2C(=O)NC(=O)/C(=C\c3cc(C)n(-c4cccc(Br)c4)c3C)C2=O)cc1. The van der Waals surface area contributed by atoms with Crippen LogP contribution in [0.5, 0.6) is 0 Å². The number of rotatable bonds is 3. The van der Waals surface area contributed by atoms with Gasteiger partial charge in [-0.1, -0.05) is 39.7 Å². The lowest BCUT2D eigenvalue weighted by Gasteiger charge is -2.26. The molecule has 0 bridgehead atoms. The summed E-state index contributed by atoms with van der Waals surface area (Å²) in [6.07, 6.45) is 1.54. The third-order valence-corrected chi connectivity index (χ3v) is 5.72. The first kappa shape index (κ1) is 20.8. The molecule has 1 aliphatic heterocycles. The summed E-state index contributed by atoms with van der Waals surface area (Å²) >= 11 is 3.49. The maximum Gasteiger partial charge on any atom is 0.335 e. The van der Waals surface area contributed by atoms with E-state index in [1.54, 1.807) is 30.3 Å². The number of urea groups is 1. The van der Waals surface area contributed by atoms with Crippen molar-refractivity contribution in [1.82, 2.24) is 9.88 Å². The molecule has 6 nitrogen and oxygen atoms in total. The summed E-state index contributed by atoms with van der Waals surface area (Å²) in [6, 6.07) is 16.0. The standard InChI is InChI=1S/C24H20BrN3O3/c1-14-7-9-19(10-8-14)28-23(30)21(22(29)26-24(28)31)12-17-11-15(2)27(16(17)3)20-6-4-5-18(25)13-20/h4-13H,1-3H3,(H,26,29,31)/b21-12+. The number of hydrogen-bond donors (Lipinski definition) is 1. The maximum atomic E-state index is 13.1. The second-order valence-electron chi connectivity index (χ2n) is 7.44. The Kier molecular flexibility index (Phi) is 5.37. The van der Waals surface area contributed by atoms with E-state index in [2.05, 4.69) is 21.2 Å². The highest BCUT2D eigenvalue weighted by Gasteiger charge is 2.37. The van der Waals surface area contributed by atoms with Crippen molar-refractivity contribution in [2.45, 2.75) is 20.8 Å². The zero-order valence-corrected chi connectivity index (χ0v) is 18.9. The van der Waals surface area contributed by atoms with Crippen LogP contribution < -0.4 is 10.2 Å². The van der Waals surface area contributed by atoms with Crippen LogP contribution in [0.25, 0.3) is 11.8 Å². The van der Waals surface area contributed by atoms with Gasteiger partial charge in [0.2, 0.25) is 0 Å². The van der Waals surface area contributed by atoms with Gasteiger partial charge in [0.1, 0.15) is 5.57 Å². The van der Waals surface area contributed by atoms with E-state index in [4.69, 9.17) is 0 Å². The molecule has 0 atom stereocenters. The largest absolute Gasteiger partial charge is 0.335 e. The molecule has 7 heteroatoms. The van der Waals surface area contributed by atoms with Crippen LogP contribution in [0.4, 0.5) is 10.5 Å². The predicted octanol–water partition coefficient (Wildman–Crippen LogP) is 4.83. The van der Waals surface area contributed by atoms with E-state index >= 15 is 0 Å². The molecule has 0 radical (unpaired) electrons. The van der Waals surface area contributed by atoms with Gasteiger partial charge in [0, 0.05) is 21.5 Å². The molecule has 1 fully saturated rings. The molecule has 4 amide bonds. The minimum absolute atomic E-state index is 0.0883. The Morgan fingerprint density at radius 1 is 0.903 bits per heavy atom. The van der Waals surface area contributed by atoms with Crippen molar-refractivity contribution in [1.29, 1.82) is 0 Å². The lowest BCUT2D eigenvalue weighted by atomic mass is 10.1. The molecule has 4 rings (SSSR count). The Hall–Kier alpha value is -3.45. The molecule has 31 heavy (non-hydrogen) atoms. The number of nitrogens with one attached hydrogen (secondary N) is 1. The van der Waals surface area contributed by atoms with Gasteiger partial charge in [0.25, 0.3) is 11.8 Å². The number of imide groups is 2. The molecule has 0 unspecified atom stereocenters. The number of nitrogens with zero attached hydrogens (tertiary/aromatic N) is 2. The van der Waals surface area contributed by atoms with Gasteiger partial charge >= 0.3 is 6.03 Å². The Morgan fingerprint density at radius 2 is 1.61 bits per heavy atom. The number of anilines is 1. The van der Waals surface area contributed by atoms with Gasteiger partial charge in [-0.25, -0.2) is 9.69 Å². The molecule has 2 heterocycles. The fraction of sp³-hybridized carbons (Fsp3) is 0.125. The lowest BCUT2D eigenvalue weighted by molar-refractivity contribution is -0.122. The Labute approximate surface area is 188 Å². The van der Waals surface area contributed by atoms with Crippen molar-refractivity contribution in [3.8, 4) is 5.69 Å². The number of benzene rings is 2. The first-order chi connectivity index (χ1) is 14.8. The first-order valence-corrected chi connectivity index (χ1v) is 10.5. The zero-order valence-electron chi connectivity index (χ0n) is 17.3. The Morgan fingerprint density at radius 3 is 2.29 bits per heavy atom. The zero-order chi connectivity index (χ0) is 22.3. The molecule has 3 aromatic rings. The van der Waals surface area contributed by atoms with Crippen molar-refractivity contribution >= 4 is 45.5 Å².